The fourth-order valence-electron chi connectivity index (χ4n) is 6.68. The molecule has 3 unspecified atom stereocenters. The predicted molar refractivity (Wildman–Crippen MR) is 123 cm³/mol. The third-order valence-corrected chi connectivity index (χ3v) is 9.01. The molecule has 0 amide bonds. The lowest BCUT2D eigenvalue weighted by Crippen LogP contribution is -2.38. The van der Waals surface area contributed by atoms with Crippen molar-refractivity contribution in [1.82, 2.24) is 0 Å². The van der Waals surface area contributed by atoms with Crippen molar-refractivity contribution in [3.05, 3.63) is 59.3 Å². The number of epoxide rings is 1. The fourth-order valence-corrected chi connectivity index (χ4v) is 6.68. The van der Waals surface area contributed by atoms with Crippen molar-refractivity contribution in [2.45, 2.75) is 75.9 Å². The zero-order chi connectivity index (χ0) is 24.0. The van der Waals surface area contributed by atoms with Crippen molar-refractivity contribution in [1.29, 1.82) is 0 Å². The fraction of sp³-hybridized carbons (Fsp3) is 0.643. The molecule has 6 heteroatoms. The minimum absolute atomic E-state index is 0.0465. The van der Waals surface area contributed by atoms with E-state index in [1.165, 1.54) is 0 Å². The molecule has 2 saturated carbocycles. The average molecular weight is 479 g/mol. The highest BCUT2D eigenvalue weighted by Gasteiger charge is 2.45. The Morgan fingerprint density at radius 3 is 2.12 bits per heavy atom. The molecule has 1 aliphatic heterocycles. The van der Waals surface area contributed by atoms with Gasteiger partial charge < -0.3 is 9.84 Å². The van der Waals surface area contributed by atoms with Gasteiger partial charge in [-0.3, -0.25) is 0 Å². The van der Waals surface area contributed by atoms with Crippen molar-refractivity contribution in [2.75, 3.05) is 6.61 Å². The van der Waals surface area contributed by atoms with Gasteiger partial charge >= 0.3 is 0 Å². The molecular formula is C28H34F4O2. The summed E-state index contributed by atoms with van der Waals surface area (Å²) in [5, 5.41) is 11.3. The normalized spacial score (nSPS) is 41.2. The molecular weight excluding hydrogens is 444 g/mol. The van der Waals surface area contributed by atoms with Gasteiger partial charge in [-0.2, -0.15) is 0 Å². The highest BCUT2D eigenvalue weighted by atomic mass is 19.2. The lowest BCUT2D eigenvalue weighted by atomic mass is 9.68. The molecule has 0 bridgehead atoms. The van der Waals surface area contributed by atoms with E-state index in [1.807, 2.05) is 6.08 Å². The third kappa shape index (κ3) is 4.37. The van der Waals surface area contributed by atoms with E-state index in [1.54, 1.807) is 12.2 Å². The van der Waals surface area contributed by atoms with Crippen LogP contribution in [0.1, 0.15) is 64.2 Å². The highest BCUT2D eigenvalue weighted by molar-refractivity contribution is 5.41. The molecule has 2 nitrogen and oxygen atoms in total. The van der Waals surface area contributed by atoms with E-state index in [-0.39, 0.29) is 36.4 Å². The zero-order valence-corrected chi connectivity index (χ0v) is 19.5. The van der Waals surface area contributed by atoms with Crippen LogP contribution in [0.4, 0.5) is 17.6 Å². The Morgan fingerprint density at radius 2 is 1.50 bits per heavy atom. The van der Waals surface area contributed by atoms with E-state index in [4.69, 9.17) is 4.74 Å². The second-order valence-corrected chi connectivity index (χ2v) is 10.9. The van der Waals surface area contributed by atoms with Gasteiger partial charge in [0, 0.05) is 17.4 Å². The van der Waals surface area contributed by atoms with Gasteiger partial charge in [0.15, 0.2) is 11.7 Å². The second kappa shape index (κ2) is 9.42. The third-order valence-electron chi connectivity index (χ3n) is 9.01. The molecule has 34 heavy (non-hydrogen) atoms. The van der Waals surface area contributed by atoms with Gasteiger partial charge in [-0.05, 0) is 87.5 Å². The van der Waals surface area contributed by atoms with Gasteiger partial charge in [-0.25, -0.2) is 17.6 Å². The summed E-state index contributed by atoms with van der Waals surface area (Å²) in [4.78, 5) is 0. The smallest absolute Gasteiger partial charge is 0.160 e. The number of allylic oxidation sites excluding steroid dienone is 6. The molecule has 5 aliphatic rings. The lowest BCUT2D eigenvalue weighted by Gasteiger charge is -2.41. The monoisotopic (exact) mass is 478 g/mol. The second-order valence-electron chi connectivity index (χ2n) is 10.9. The first-order chi connectivity index (χ1) is 16.3. The van der Waals surface area contributed by atoms with Gasteiger partial charge in [0.2, 0.25) is 0 Å². The number of aliphatic hydroxyl groups is 1. The summed E-state index contributed by atoms with van der Waals surface area (Å²) in [6.07, 6.45) is 10.8. The van der Waals surface area contributed by atoms with Crippen molar-refractivity contribution < 1.29 is 27.4 Å². The molecule has 5 rings (SSSR count). The molecule has 0 spiro atoms. The predicted octanol–water partition coefficient (Wildman–Crippen LogP) is 7.49. The molecule has 186 valence electrons. The van der Waals surface area contributed by atoms with Gasteiger partial charge in [0.25, 0.3) is 0 Å². The Morgan fingerprint density at radius 1 is 0.882 bits per heavy atom. The quantitative estimate of drug-likeness (QED) is 0.252. The summed E-state index contributed by atoms with van der Waals surface area (Å²) >= 11 is 0. The molecule has 1 N–H and O–H groups in total. The zero-order valence-electron chi connectivity index (χ0n) is 19.5. The van der Waals surface area contributed by atoms with Crippen LogP contribution >= 0.6 is 0 Å². The standard InChI is InChI=1S/C28H34F4O2/c1-2-16-3-5-17(6-4-16)20-9-10-22(27(32)25(20)30)28(33)13-11-18(12-14-28)19-7-8-21(23-15-34-23)26(31)24(19)29/h2,7,10,16-18,20-21,23,33H,1,3-6,8-9,11-15H2. The van der Waals surface area contributed by atoms with Crippen LogP contribution < -0.4 is 0 Å². The van der Waals surface area contributed by atoms with E-state index < -0.39 is 40.7 Å². The van der Waals surface area contributed by atoms with Gasteiger partial charge in [-0.15, -0.1) is 6.58 Å². The summed E-state index contributed by atoms with van der Waals surface area (Å²) < 4.78 is 64.8. The first-order valence-electron chi connectivity index (χ1n) is 12.8. The summed E-state index contributed by atoms with van der Waals surface area (Å²) in [7, 11) is 0. The van der Waals surface area contributed by atoms with Crippen molar-refractivity contribution >= 4 is 0 Å². The average Bonchev–Trinajstić information content (AvgIpc) is 3.69. The van der Waals surface area contributed by atoms with E-state index >= 15 is 8.78 Å². The minimum atomic E-state index is -1.47. The molecule has 0 aromatic rings. The molecule has 0 aromatic carbocycles. The maximum atomic E-state index is 15.2. The van der Waals surface area contributed by atoms with E-state index in [2.05, 4.69) is 6.58 Å². The maximum absolute atomic E-state index is 15.2. The van der Waals surface area contributed by atoms with Crippen LogP contribution in [0.15, 0.2) is 59.3 Å². The topological polar surface area (TPSA) is 32.8 Å². The number of hydrogen-bond donors (Lipinski definition) is 1. The molecule has 0 aromatic heterocycles. The molecule has 3 fully saturated rings. The number of halogens is 4. The molecule has 1 heterocycles. The van der Waals surface area contributed by atoms with Crippen LogP contribution in [0.2, 0.25) is 0 Å². The summed E-state index contributed by atoms with van der Waals surface area (Å²) in [6, 6.07) is 0. The van der Waals surface area contributed by atoms with Crippen molar-refractivity contribution in [3.63, 3.8) is 0 Å². The van der Waals surface area contributed by atoms with Crippen molar-refractivity contribution in [3.8, 4) is 0 Å². The summed E-state index contributed by atoms with van der Waals surface area (Å²) in [5.41, 5.74) is -1.07. The van der Waals surface area contributed by atoms with Crippen LogP contribution in [0, 0.1) is 29.6 Å². The first-order valence-corrected chi connectivity index (χ1v) is 12.8. The highest BCUT2D eigenvalue weighted by Crippen LogP contribution is 2.50. The van der Waals surface area contributed by atoms with Gasteiger partial charge in [0.1, 0.15) is 11.7 Å². The molecule has 1 saturated heterocycles. The van der Waals surface area contributed by atoms with Crippen LogP contribution in [-0.4, -0.2) is 23.4 Å². The number of hydrogen-bond acceptors (Lipinski definition) is 2. The molecule has 0 radical (unpaired) electrons. The summed E-state index contributed by atoms with van der Waals surface area (Å²) in [5.74, 6) is -3.85. The van der Waals surface area contributed by atoms with Gasteiger partial charge in [-0.1, -0.05) is 18.2 Å². The van der Waals surface area contributed by atoms with Gasteiger partial charge in [0.05, 0.1) is 18.3 Å². The molecule has 4 aliphatic carbocycles. The van der Waals surface area contributed by atoms with E-state index in [9.17, 15) is 13.9 Å². The van der Waals surface area contributed by atoms with Crippen LogP contribution in [0.5, 0.6) is 0 Å². The molecule has 3 atom stereocenters. The SMILES string of the molecule is C=CC1CCC(C2CC=C(C3(O)CCC(C4=CCC(C5CO5)C(F)=C4F)CC3)C(F)=C2F)CC1. The Bertz CT molecular complexity index is 941. The number of rotatable bonds is 5. The van der Waals surface area contributed by atoms with Crippen LogP contribution in [0.3, 0.4) is 0 Å². The minimum Gasteiger partial charge on any atom is -0.385 e. The Hall–Kier alpha value is -1.66. The van der Waals surface area contributed by atoms with E-state index in [0.717, 1.165) is 25.7 Å². The summed E-state index contributed by atoms with van der Waals surface area (Å²) in [6.45, 7) is 4.31. The Balaban J connectivity index is 1.24. The lowest BCUT2D eigenvalue weighted by molar-refractivity contribution is 0.0263. The first kappa shape index (κ1) is 24.1. The van der Waals surface area contributed by atoms with Crippen LogP contribution in [-0.2, 0) is 4.74 Å². The van der Waals surface area contributed by atoms with Crippen LogP contribution in [0.25, 0.3) is 0 Å². The van der Waals surface area contributed by atoms with E-state index in [0.29, 0.717) is 43.8 Å². The Kier molecular flexibility index (Phi) is 6.66. The maximum Gasteiger partial charge on any atom is 0.160 e. The Labute approximate surface area is 199 Å². The largest absolute Gasteiger partial charge is 0.385 e. The van der Waals surface area contributed by atoms with Crippen molar-refractivity contribution in [2.24, 2.45) is 29.6 Å². The number of ether oxygens (including phenoxy) is 1.